The molecule has 2 aromatic heterocycles. The van der Waals surface area contributed by atoms with Crippen LogP contribution < -0.4 is 5.56 Å². The second-order valence-corrected chi connectivity index (χ2v) is 4.16. The molecule has 0 spiro atoms. The van der Waals surface area contributed by atoms with E-state index in [4.69, 9.17) is 0 Å². The van der Waals surface area contributed by atoms with Crippen LogP contribution in [0.5, 0.6) is 0 Å². The maximum absolute atomic E-state index is 13.6. The number of hydrogen-bond donors (Lipinski definition) is 1. The van der Waals surface area contributed by atoms with Crippen LogP contribution in [0.2, 0.25) is 0 Å². The zero-order chi connectivity index (χ0) is 13.4. The second-order valence-electron chi connectivity index (χ2n) is 4.16. The Bertz CT molecular complexity index is 807. The molecule has 0 radical (unpaired) electrons. The molecule has 0 saturated heterocycles. The average molecular weight is 259 g/mol. The monoisotopic (exact) mass is 259 g/mol. The van der Waals surface area contributed by atoms with Gasteiger partial charge in [0.25, 0.3) is 5.56 Å². The normalized spacial score (nSPS) is 11.1. The van der Waals surface area contributed by atoms with E-state index >= 15 is 0 Å². The number of aromatic nitrogens is 5. The fraction of sp³-hybridized carbons (Fsp3) is 0.167. The first kappa shape index (κ1) is 11.5. The highest BCUT2D eigenvalue weighted by molar-refractivity contribution is 5.68. The van der Waals surface area contributed by atoms with E-state index in [0.29, 0.717) is 17.0 Å². The van der Waals surface area contributed by atoms with Gasteiger partial charge in [-0.25, -0.2) is 14.1 Å². The Morgan fingerprint density at radius 1 is 1.37 bits per heavy atom. The van der Waals surface area contributed by atoms with Crippen LogP contribution in [0.4, 0.5) is 4.39 Å². The Labute approximate surface area is 106 Å². The number of nitrogens with one attached hydrogen (secondary N) is 1. The van der Waals surface area contributed by atoms with Crippen molar-refractivity contribution in [1.29, 1.82) is 0 Å². The Morgan fingerprint density at radius 2 is 2.16 bits per heavy atom. The summed E-state index contributed by atoms with van der Waals surface area (Å²) in [6.45, 7) is 1.85. The number of H-pyrrole nitrogens is 1. The molecule has 7 heteroatoms. The largest absolute Gasteiger partial charge is 0.309 e. The summed E-state index contributed by atoms with van der Waals surface area (Å²) >= 11 is 0. The lowest BCUT2D eigenvalue weighted by molar-refractivity contribution is 0.582. The molecular weight excluding hydrogens is 249 g/mol. The van der Waals surface area contributed by atoms with Gasteiger partial charge in [0.2, 0.25) is 0 Å². The lowest BCUT2D eigenvalue weighted by atomic mass is 10.2. The SMILES string of the molecule is Cc1nc2c(nnn2Cc2ccccc2F)c(=O)[nH]1. The summed E-state index contributed by atoms with van der Waals surface area (Å²) in [4.78, 5) is 18.4. The number of rotatable bonds is 2. The summed E-state index contributed by atoms with van der Waals surface area (Å²) in [5, 5.41) is 7.62. The minimum Gasteiger partial charge on any atom is -0.309 e. The number of hydrogen-bond acceptors (Lipinski definition) is 4. The standard InChI is InChI=1S/C12H10FN5O/c1-7-14-11-10(12(19)15-7)16-17-18(11)6-8-4-2-3-5-9(8)13/h2-5H,6H2,1H3,(H,14,15,19). The van der Waals surface area contributed by atoms with Crippen molar-refractivity contribution < 1.29 is 4.39 Å². The molecule has 3 aromatic rings. The molecule has 0 aliphatic carbocycles. The van der Waals surface area contributed by atoms with Gasteiger partial charge in [0.05, 0.1) is 6.54 Å². The maximum atomic E-state index is 13.6. The van der Waals surface area contributed by atoms with Gasteiger partial charge >= 0.3 is 0 Å². The van der Waals surface area contributed by atoms with Crippen molar-refractivity contribution in [3.05, 3.63) is 51.8 Å². The Kier molecular flexibility index (Phi) is 2.59. The second kappa shape index (κ2) is 4.27. The van der Waals surface area contributed by atoms with Crippen LogP contribution >= 0.6 is 0 Å². The van der Waals surface area contributed by atoms with E-state index in [0.717, 1.165) is 0 Å². The molecule has 1 N–H and O–H groups in total. The smallest absolute Gasteiger partial charge is 0.281 e. The first-order valence-electron chi connectivity index (χ1n) is 5.68. The van der Waals surface area contributed by atoms with Gasteiger partial charge in [-0.15, -0.1) is 5.10 Å². The van der Waals surface area contributed by atoms with Gasteiger partial charge in [-0.2, -0.15) is 0 Å². The molecule has 0 atom stereocenters. The summed E-state index contributed by atoms with van der Waals surface area (Å²) in [5.74, 6) is 0.141. The molecule has 0 aliphatic rings. The number of benzene rings is 1. The van der Waals surface area contributed by atoms with Gasteiger partial charge in [0, 0.05) is 5.56 Å². The minimum atomic E-state index is -0.345. The molecule has 0 saturated carbocycles. The average Bonchev–Trinajstić information content (AvgIpc) is 2.76. The van der Waals surface area contributed by atoms with Crippen LogP contribution in [-0.4, -0.2) is 25.0 Å². The topological polar surface area (TPSA) is 76.5 Å². The van der Waals surface area contributed by atoms with Crippen molar-refractivity contribution in [3.8, 4) is 0 Å². The Balaban J connectivity index is 2.12. The number of nitrogens with zero attached hydrogens (tertiary/aromatic N) is 4. The number of fused-ring (bicyclic) bond motifs is 1. The molecule has 6 nitrogen and oxygen atoms in total. The molecule has 19 heavy (non-hydrogen) atoms. The number of halogens is 1. The van der Waals surface area contributed by atoms with Gasteiger partial charge in [-0.05, 0) is 13.0 Å². The maximum Gasteiger partial charge on any atom is 0.281 e. The van der Waals surface area contributed by atoms with E-state index in [1.807, 2.05) is 0 Å². The Hall–Kier alpha value is -2.57. The molecule has 0 bridgehead atoms. The third-order valence-electron chi connectivity index (χ3n) is 2.77. The lowest BCUT2D eigenvalue weighted by Gasteiger charge is -2.03. The van der Waals surface area contributed by atoms with Crippen molar-refractivity contribution in [1.82, 2.24) is 25.0 Å². The van der Waals surface area contributed by atoms with Crippen molar-refractivity contribution >= 4 is 11.2 Å². The Morgan fingerprint density at radius 3 is 2.95 bits per heavy atom. The van der Waals surface area contributed by atoms with Crippen molar-refractivity contribution in [2.24, 2.45) is 0 Å². The van der Waals surface area contributed by atoms with Crippen molar-refractivity contribution in [2.45, 2.75) is 13.5 Å². The summed E-state index contributed by atoms with van der Waals surface area (Å²) in [6.07, 6.45) is 0. The summed E-state index contributed by atoms with van der Waals surface area (Å²) < 4.78 is 15.0. The van der Waals surface area contributed by atoms with Crippen molar-refractivity contribution in [3.63, 3.8) is 0 Å². The number of aryl methyl sites for hydroxylation is 1. The molecule has 2 heterocycles. The van der Waals surface area contributed by atoms with E-state index in [9.17, 15) is 9.18 Å². The first-order valence-corrected chi connectivity index (χ1v) is 5.68. The van der Waals surface area contributed by atoms with Gasteiger partial charge < -0.3 is 4.98 Å². The van der Waals surface area contributed by atoms with Gasteiger partial charge in [0.15, 0.2) is 11.2 Å². The molecule has 0 fully saturated rings. The summed E-state index contributed by atoms with van der Waals surface area (Å²) in [6, 6.07) is 6.39. The quantitative estimate of drug-likeness (QED) is 0.745. The molecular formula is C12H10FN5O. The fourth-order valence-electron chi connectivity index (χ4n) is 1.87. The fourth-order valence-corrected chi connectivity index (χ4v) is 1.87. The minimum absolute atomic E-state index is 0.155. The summed E-state index contributed by atoms with van der Waals surface area (Å²) in [7, 11) is 0. The van der Waals surface area contributed by atoms with Crippen LogP contribution in [0.15, 0.2) is 29.1 Å². The highest BCUT2D eigenvalue weighted by Crippen LogP contribution is 2.10. The molecule has 0 unspecified atom stereocenters. The molecule has 3 rings (SSSR count). The zero-order valence-corrected chi connectivity index (χ0v) is 10.1. The highest BCUT2D eigenvalue weighted by atomic mass is 19.1. The van der Waals surface area contributed by atoms with Gasteiger partial charge in [0.1, 0.15) is 11.6 Å². The number of aromatic amines is 1. The van der Waals surface area contributed by atoms with Crippen LogP contribution in [0.25, 0.3) is 11.2 Å². The van der Waals surface area contributed by atoms with Crippen LogP contribution in [0.3, 0.4) is 0 Å². The van der Waals surface area contributed by atoms with E-state index in [-0.39, 0.29) is 23.4 Å². The van der Waals surface area contributed by atoms with Crippen molar-refractivity contribution in [2.75, 3.05) is 0 Å². The molecule has 0 aliphatic heterocycles. The third-order valence-corrected chi connectivity index (χ3v) is 2.77. The van der Waals surface area contributed by atoms with E-state index in [1.54, 1.807) is 25.1 Å². The summed E-state index contributed by atoms with van der Waals surface area (Å²) in [5.41, 5.74) is 0.628. The van der Waals surface area contributed by atoms with E-state index in [2.05, 4.69) is 20.3 Å². The van der Waals surface area contributed by atoms with Crippen LogP contribution in [0.1, 0.15) is 11.4 Å². The molecule has 96 valence electrons. The van der Waals surface area contributed by atoms with E-state index in [1.165, 1.54) is 10.7 Å². The predicted octanol–water partition coefficient (Wildman–Crippen LogP) is 1.01. The van der Waals surface area contributed by atoms with Crippen LogP contribution in [0, 0.1) is 12.7 Å². The predicted molar refractivity (Wildman–Crippen MR) is 66.2 cm³/mol. The van der Waals surface area contributed by atoms with Gasteiger partial charge in [-0.1, -0.05) is 23.4 Å². The van der Waals surface area contributed by atoms with Crippen LogP contribution in [-0.2, 0) is 6.54 Å². The molecule has 1 aromatic carbocycles. The first-order chi connectivity index (χ1) is 9.15. The zero-order valence-electron chi connectivity index (χ0n) is 10.1. The third kappa shape index (κ3) is 1.99. The van der Waals surface area contributed by atoms with Gasteiger partial charge in [-0.3, -0.25) is 4.79 Å². The van der Waals surface area contributed by atoms with E-state index < -0.39 is 0 Å². The highest BCUT2D eigenvalue weighted by Gasteiger charge is 2.12. The lowest BCUT2D eigenvalue weighted by Crippen LogP contribution is -2.11. The molecule has 0 amide bonds.